The van der Waals surface area contributed by atoms with E-state index in [0.717, 1.165) is 37.4 Å². The second-order valence-corrected chi connectivity index (χ2v) is 8.71. The summed E-state index contributed by atoms with van der Waals surface area (Å²) < 4.78 is 14.1. The molecular weight excluding hydrogens is 443 g/mol. The van der Waals surface area contributed by atoms with Gasteiger partial charge in [0.05, 0.1) is 16.3 Å². The van der Waals surface area contributed by atoms with Crippen molar-refractivity contribution in [2.45, 2.75) is 12.5 Å². The van der Waals surface area contributed by atoms with Crippen LogP contribution in [0.5, 0.6) is 5.75 Å². The number of thiophene rings is 1. The summed E-state index contributed by atoms with van der Waals surface area (Å²) >= 11 is 1.28. The standard InChI is InChI=1S/C24H25FN4O3S/c25-17-5-8-21(29-11-9-26-10-12-29)19(15-17)27-23(31)20(14-16-3-6-18(30)7-4-16)28-24(32)22-2-1-13-33-22/h1-8,13,15,20,26,30H,9-12,14H2,(H,27,31)(H,28,32)/t20-/m1/s1. The lowest BCUT2D eigenvalue weighted by Gasteiger charge is -2.31. The molecule has 0 radical (unpaired) electrons. The van der Waals surface area contributed by atoms with Crippen LogP contribution in [0.4, 0.5) is 15.8 Å². The molecule has 1 saturated heterocycles. The van der Waals surface area contributed by atoms with Gasteiger partial charge in [-0.1, -0.05) is 18.2 Å². The first-order valence-electron chi connectivity index (χ1n) is 10.7. The Kier molecular flexibility index (Phi) is 7.21. The van der Waals surface area contributed by atoms with Crippen molar-refractivity contribution in [3.05, 3.63) is 76.2 Å². The molecular formula is C24H25FN4O3S. The van der Waals surface area contributed by atoms with Crippen LogP contribution in [0.2, 0.25) is 0 Å². The number of phenolic OH excluding ortho intramolecular Hbond substituents is 1. The summed E-state index contributed by atoms with van der Waals surface area (Å²) in [7, 11) is 0. The first-order chi connectivity index (χ1) is 16.0. The monoisotopic (exact) mass is 468 g/mol. The van der Waals surface area contributed by atoms with Crippen LogP contribution in [-0.2, 0) is 11.2 Å². The summed E-state index contributed by atoms with van der Waals surface area (Å²) in [5.74, 6) is -1.15. The van der Waals surface area contributed by atoms with Gasteiger partial charge in [-0.05, 0) is 47.3 Å². The molecule has 1 atom stereocenters. The average molecular weight is 469 g/mol. The number of anilines is 2. The number of rotatable bonds is 7. The van der Waals surface area contributed by atoms with E-state index >= 15 is 0 Å². The van der Waals surface area contributed by atoms with Crippen LogP contribution in [0.3, 0.4) is 0 Å². The molecule has 1 aliphatic rings. The van der Waals surface area contributed by atoms with E-state index in [1.54, 1.807) is 35.7 Å². The van der Waals surface area contributed by atoms with E-state index in [2.05, 4.69) is 20.9 Å². The molecule has 9 heteroatoms. The van der Waals surface area contributed by atoms with Crippen molar-refractivity contribution in [1.82, 2.24) is 10.6 Å². The Morgan fingerprint density at radius 3 is 2.58 bits per heavy atom. The minimum atomic E-state index is -0.900. The van der Waals surface area contributed by atoms with Crippen LogP contribution in [0.1, 0.15) is 15.2 Å². The Bertz CT molecular complexity index is 1100. The molecule has 33 heavy (non-hydrogen) atoms. The van der Waals surface area contributed by atoms with Crippen molar-refractivity contribution in [2.75, 3.05) is 36.4 Å². The molecule has 1 aliphatic heterocycles. The molecule has 0 spiro atoms. The summed E-state index contributed by atoms with van der Waals surface area (Å²) in [6.07, 6.45) is 0.210. The molecule has 3 aromatic rings. The highest BCUT2D eigenvalue weighted by molar-refractivity contribution is 7.12. The third kappa shape index (κ3) is 5.88. The number of carbonyl (C=O) groups excluding carboxylic acids is 2. The molecule has 2 heterocycles. The van der Waals surface area contributed by atoms with Gasteiger partial charge in [-0.25, -0.2) is 4.39 Å². The summed E-state index contributed by atoms with van der Waals surface area (Å²) in [6.45, 7) is 3.07. The molecule has 7 nitrogen and oxygen atoms in total. The Labute approximate surface area is 195 Å². The van der Waals surface area contributed by atoms with Gasteiger partial charge in [-0.3, -0.25) is 9.59 Å². The fourth-order valence-electron chi connectivity index (χ4n) is 3.72. The fraction of sp³-hybridized carbons (Fsp3) is 0.250. The van der Waals surface area contributed by atoms with Gasteiger partial charge >= 0.3 is 0 Å². The van der Waals surface area contributed by atoms with Crippen LogP contribution >= 0.6 is 11.3 Å². The lowest BCUT2D eigenvalue weighted by Crippen LogP contribution is -2.46. The van der Waals surface area contributed by atoms with E-state index in [-0.39, 0.29) is 18.1 Å². The SMILES string of the molecule is O=C(N[C@H](Cc1ccc(O)cc1)C(=O)Nc1cc(F)ccc1N1CCNCC1)c1cccs1. The van der Waals surface area contributed by atoms with Crippen LogP contribution in [0, 0.1) is 5.82 Å². The minimum Gasteiger partial charge on any atom is -0.508 e. The molecule has 0 saturated carbocycles. The van der Waals surface area contributed by atoms with E-state index < -0.39 is 17.8 Å². The van der Waals surface area contributed by atoms with Gasteiger partial charge in [0.1, 0.15) is 17.6 Å². The van der Waals surface area contributed by atoms with Crippen molar-refractivity contribution in [1.29, 1.82) is 0 Å². The summed E-state index contributed by atoms with van der Waals surface area (Å²) in [4.78, 5) is 28.6. The minimum absolute atomic E-state index is 0.114. The number of benzene rings is 2. The number of aromatic hydroxyl groups is 1. The molecule has 2 amide bonds. The maximum atomic E-state index is 14.1. The highest BCUT2D eigenvalue weighted by atomic mass is 32.1. The first kappa shape index (κ1) is 22.8. The molecule has 4 N–H and O–H groups in total. The highest BCUT2D eigenvalue weighted by Gasteiger charge is 2.24. The van der Waals surface area contributed by atoms with Gasteiger partial charge in [0.15, 0.2) is 0 Å². The van der Waals surface area contributed by atoms with Crippen LogP contribution in [-0.4, -0.2) is 49.1 Å². The van der Waals surface area contributed by atoms with Gasteiger partial charge < -0.3 is 26.0 Å². The maximum Gasteiger partial charge on any atom is 0.262 e. The van der Waals surface area contributed by atoms with Gasteiger partial charge in [0, 0.05) is 32.6 Å². The molecule has 1 fully saturated rings. The van der Waals surface area contributed by atoms with Gasteiger partial charge in [0.25, 0.3) is 5.91 Å². The largest absolute Gasteiger partial charge is 0.508 e. The van der Waals surface area contributed by atoms with Crippen molar-refractivity contribution in [2.24, 2.45) is 0 Å². The predicted octanol–water partition coefficient (Wildman–Crippen LogP) is 2.98. The number of halogens is 1. The van der Waals surface area contributed by atoms with Gasteiger partial charge in [-0.15, -0.1) is 11.3 Å². The fourth-order valence-corrected chi connectivity index (χ4v) is 4.35. The molecule has 1 aromatic heterocycles. The molecule has 2 aromatic carbocycles. The number of phenols is 1. The van der Waals surface area contributed by atoms with Gasteiger partial charge in [-0.2, -0.15) is 0 Å². The van der Waals surface area contributed by atoms with Crippen LogP contribution < -0.4 is 20.9 Å². The Morgan fingerprint density at radius 1 is 1.12 bits per heavy atom. The Balaban J connectivity index is 1.57. The zero-order valence-electron chi connectivity index (χ0n) is 17.9. The number of amides is 2. The van der Waals surface area contributed by atoms with E-state index in [1.807, 2.05) is 0 Å². The second-order valence-electron chi connectivity index (χ2n) is 7.76. The summed E-state index contributed by atoms with van der Waals surface area (Å²) in [6, 6.07) is 13.3. The van der Waals surface area contributed by atoms with E-state index in [1.165, 1.54) is 35.6 Å². The highest BCUT2D eigenvalue weighted by Crippen LogP contribution is 2.28. The lowest BCUT2D eigenvalue weighted by atomic mass is 10.0. The lowest BCUT2D eigenvalue weighted by molar-refractivity contribution is -0.118. The van der Waals surface area contributed by atoms with Crippen molar-refractivity contribution in [3.63, 3.8) is 0 Å². The van der Waals surface area contributed by atoms with Crippen LogP contribution in [0.15, 0.2) is 60.0 Å². The van der Waals surface area contributed by atoms with Crippen molar-refractivity contribution < 1.29 is 19.1 Å². The topological polar surface area (TPSA) is 93.7 Å². The Morgan fingerprint density at radius 2 is 1.88 bits per heavy atom. The van der Waals surface area contributed by atoms with Crippen molar-refractivity contribution >= 4 is 34.5 Å². The Hall–Kier alpha value is -3.43. The molecule has 0 unspecified atom stereocenters. The number of piperazine rings is 1. The zero-order chi connectivity index (χ0) is 23.2. The number of nitrogens with zero attached hydrogens (tertiary/aromatic N) is 1. The number of carbonyl (C=O) groups is 2. The molecule has 0 aliphatic carbocycles. The average Bonchev–Trinajstić information content (AvgIpc) is 3.36. The smallest absolute Gasteiger partial charge is 0.262 e. The second kappa shape index (κ2) is 10.5. The normalized spacial score (nSPS) is 14.5. The number of nitrogens with one attached hydrogen (secondary N) is 3. The summed E-state index contributed by atoms with van der Waals surface area (Å²) in [5, 5.41) is 20.2. The number of hydrogen-bond acceptors (Lipinski definition) is 6. The molecule has 4 rings (SSSR count). The maximum absolute atomic E-state index is 14.1. The van der Waals surface area contributed by atoms with E-state index in [4.69, 9.17) is 0 Å². The summed E-state index contributed by atoms with van der Waals surface area (Å²) in [5.41, 5.74) is 1.86. The van der Waals surface area contributed by atoms with Gasteiger partial charge in [0.2, 0.25) is 5.91 Å². The quantitative estimate of drug-likeness (QED) is 0.428. The third-order valence-corrected chi connectivity index (χ3v) is 6.29. The first-order valence-corrected chi connectivity index (χ1v) is 11.6. The third-order valence-electron chi connectivity index (χ3n) is 5.42. The van der Waals surface area contributed by atoms with Crippen LogP contribution in [0.25, 0.3) is 0 Å². The zero-order valence-corrected chi connectivity index (χ0v) is 18.7. The molecule has 0 bridgehead atoms. The van der Waals surface area contributed by atoms with E-state index in [9.17, 15) is 19.1 Å². The predicted molar refractivity (Wildman–Crippen MR) is 127 cm³/mol. The van der Waals surface area contributed by atoms with E-state index in [0.29, 0.717) is 10.6 Å². The number of hydrogen-bond donors (Lipinski definition) is 4. The van der Waals surface area contributed by atoms with Crippen molar-refractivity contribution in [3.8, 4) is 5.75 Å². The molecule has 172 valence electrons.